The van der Waals surface area contributed by atoms with Crippen molar-refractivity contribution in [3.8, 4) is 0 Å². The van der Waals surface area contributed by atoms with Crippen molar-refractivity contribution >= 4 is 29.3 Å². The van der Waals surface area contributed by atoms with Gasteiger partial charge in [0.2, 0.25) is 5.91 Å². The summed E-state index contributed by atoms with van der Waals surface area (Å²) in [5.74, 6) is -0.769. The molecule has 20 heavy (non-hydrogen) atoms. The lowest BCUT2D eigenvalue weighted by atomic mass is 9.85. The molecule has 0 saturated heterocycles. The maximum Gasteiger partial charge on any atom is 0.413 e. The van der Waals surface area contributed by atoms with Gasteiger partial charge in [-0.15, -0.1) is 0 Å². The van der Waals surface area contributed by atoms with Crippen molar-refractivity contribution in [2.45, 2.75) is 31.7 Å². The number of imide groups is 1. The van der Waals surface area contributed by atoms with Crippen LogP contribution >= 0.6 is 11.6 Å². The van der Waals surface area contributed by atoms with Crippen LogP contribution in [-0.4, -0.2) is 25.2 Å². The molecule has 0 saturated carbocycles. The van der Waals surface area contributed by atoms with E-state index in [9.17, 15) is 9.59 Å². The van der Waals surface area contributed by atoms with Crippen molar-refractivity contribution in [2.24, 2.45) is 0 Å². The normalized spacial score (nSPS) is 20.6. The molecule has 108 valence electrons. The molecule has 0 radical (unpaired) electrons. The molecule has 2 atom stereocenters. The lowest BCUT2D eigenvalue weighted by molar-refractivity contribution is -0.122. The second-order valence-corrected chi connectivity index (χ2v) is 5.19. The molecule has 0 bridgehead atoms. The van der Waals surface area contributed by atoms with Crippen LogP contribution in [0.5, 0.6) is 0 Å². The average Bonchev–Trinajstić information content (AvgIpc) is 2.45. The topological polar surface area (TPSA) is 67.4 Å². The van der Waals surface area contributed by atoms with E-state index in [-0.39, 0.29) is 11.9 Å². The van der Waals surface area contributed by atoms with Gasteiger partial charge in [0.25, 0.3) is 0 Å². The summed E-state index contributed by atoms with van der Waals surface area (Å²) in [6, 6.07) is 5.59. The van der Waals surface area contributed by atoms with Crippen molar-refractivity contribution < 1.29 is 14.3 Å². The van der Waals surface area contributed by atoms with Crippen LogP contribution in [0.15, 0.2) is 18.2 Å². The molecule has 0 unspecified atom stereocenters. The number of hydrogen-bond donors (Lipinski definition) is 2. The maximum atomic E-state index is 12.2. The van der Waals surface area contributed by atoms with Crippen molar-refractivity contribution in [1.82, 2.24) is 5.32 Å². The van der Waals surface area contributed by atoms with Gasteiger partial charge in [-0.25, -0.2) is 4.79 Å². The molecule has 1 heterocycles. The van der Waals surface area contributed by atoms with Gasteiger partial charge in [-0.2, -0.15) is 0 Å². The van der Waals surface area contributed by atoms with Crippen LogP contribution in [0.1, 0.15) is 31.2 Å². The molecule has 5 nitrogen and oxygen atoms in total. The fourth-order valence-corrected chi connectivity index (χ4v) is 2.58. The number of alkyl carbamates (subject to hydrolysis) is 1. The molecule has 1 aliphatic rings. The molecule has 1 aliphatic heterocycles. The zero-order valence-corrected chi connectivity index (χ0v) is 12.2. The van der Waals surface area contributed by atoms with Gasteiger partial charge in [0.15, 0.2) is 0 Å². The first kappa shape index (κ1) is 14.7. The van der Waals surface area contributed by atoms with E-state index < -0.39 is 12.0 Å². The smallest absolute Gasteiger partial charge is 0.413 e. The van der Waals surface area contributed by atoms with E-state index in [1.54, 1.807) is 12.1 Å². The van der Waals surface area contributed by atoms with Crippen LogP contribution in [0.4, 0.5) is 10.5 Å². The highest BCUT2D eigenvalue weighted by molar-refractivity contribution is 6.30. The maximum absolute atomic E-state index is 12.2. The lowest BCUT2D eigenvalue weighted by Gasteiger charge is -2.32. The van der Waals surface area contributed by atoms with E-state index in [4.69, 9.17) is 11.6 Å². The third-order valence-electron chi connectivity index (χ3n) is 3.49. The fourth-order valence-electron chi connectivity index (χ4n) is 2.40. The lowest BCUT2D eigenvalue weighted by Crippen LogP contribution is -2.39. The van der Waals surface area contributed by atoms with Gasteiger partial charge >= 0.3 is 6.09 Å². The zero-order valence-electron chi connectivity index (χ0n) is 11.4. The number of benzene rings is 1. The third kappa shape index (κ3) is 3.04. The second kappa shape index (κ2) is 6.13. The van der Waals surface area contributed by atoms with Crippen LogP contribution in [0.3, 0.4) is 0 Å². The molecule has 0 aromatic heterocycles. The number of nitrogens with one attached hydrogen (secondary N) is 2. The highest BCUT2D eigenvalue weighted by atomic mass is 35.5. The summed E-state index contributed by atoms with van der Waals surface area (Å²) in [6.07, 6.45) is 0.765. The van der Waals surface area contributed by atoms with E-state index in [1.807, 2.05) is 13.0 Å². The van der Waals surface area contributed by atoms with E-state index in [2.05, 4.69) is 15.4 Å². The third-order valence-corrected chi connectivity index (χ3v) is 3.72. The van der Waals surface area contributed by atoms with Crippen molar-refractivity contribution in [3.63, 3.8) is 0 Å². The van der Waals surface area contributed by atoms with Crippen molar-refractivity contribution in [2.75, 3.05) is 12.4 Å². The van der Waals surface area contributed by atoms with Crippen LogP contribution in [0.25, 0.3) is 0 Å². The van der Waals surface area contributed by atoms with Crippen LogP contribution in [-0.2, 0) is 9.53 Å². The summed E-state index contributed by atoms with van der Waals surface area (Å²) in [5, 5.41) is 6.17. The summed E-state index contributed by atoms with van der Waals surface area (Å²) < 4.78 is 4.46. The number of anilines is 1. The molecule has 0 spiro atoms. The van der Waals surface area contributed by atoms with Crippen LogP contribution in [0, 0.1) is 0 Å². The highest BCUT2D eigenvalue weighted by Gasteiger charge is 2.31. The molecule has 2 N–H and O–H groups in total. The molecule has 2 rings (SSSR count). The average molecular weight is 297 g/mol. The Morgan fingerprint density at radius 3 is 2.90 bits per heavy atom. The molecule has 1 aromatic carbocycles. The Hall–Kier alpha value is -1.75. The van der Waals surface area contributed by atoms with Gasteiger partial charge in [-0.1, -0.05) is 18.5 Å². The first-order valence-electron chi connectivity index (χ1n) is 6.50. The zero-order chi connectivity index (χ0) is 14.7. The molecule has 1 aromatic rings. The SMILES string of the molecule is CC[C@H]1C[C@@H](C(=O)NC(=O)OC)c2cc(Cl)ccc2N1. The minimum absolute atomic E-state index is 0.192. The van der Waals surface area contributed by atoms with Gasteiger partial charge in [-0.3, -0.25) is 10.1 Å². The van der Waals surface area contributed by atoms with E-state index in [0.717, 1.165) is 17.7 Å². The number of amides is 2. The Kier molecular flexibility index (Phi) is 4.49. The van der Waals surface area contributed by atoms with Gasteiger partial charge in [0.1, 0.15) is 0 Å². The van der Waals surface area contributed by atoms with E-state index in [0.29, 0.717) is 11.4 Å². The summed E-state index contributed by atoms with van der Waals surface area (Å²) in [4.78, 5) is 23.4. The Morgan fingerprint density at radius 2 is 2.25 bits per heavy atom. The number of fused-ring (bicyclic) bond motifs is 1. The predicted molar refractivity (Wildman–Crippen MR) is 77.1 cm³/mol. The van der Waals surface area contributed by atoms with Crippen molar-refractivity contribution in [3.05, 3.63) is 28.8 Å². The van der Waals surface area contributed by atoms with Gasteiger partial charge in [0.05, 0.1) is 13.0 Å². The fraction of sp³-hybridized carbons (Fsp3) is 0.429. The Bertz CT molecular complexity index is 533. The number of hydrogen-bond acceptors (Lipinski definition) is 4. The minimum Gasteiger partial charge on any atom is -0.453 e. The standard InChI is InChI=1S/C14H17ClN2O3/c1-3-9-7-11(13(18)17-14(19)20-2)10-6-8(15)4-5-12(10)16-9/h4-6,9,11,16H,3,7H2,1-2H3,(H,17,18,19)/t9-,11+/m0/s1. The Labute approximate surface area is 122 Å². The van der Waals surface area contributed by atoms with Crippen LogP contribution < -0.4 is 10.6 Å². The van der Waals surface area contributed by atoms with Gasteiger partial charge in [-0.05, 0) is 36.6 Å². The number of ether oxygens (including phenoxy) is 1. The van der Waals surface area contributed by atoms with Gasteiger partial charge < -0.3 is 10.1 Å². The number of carbonyl (C=O) groups is 2. The summed E-state index contributed by atoms with van der Waals surface area (Å²) >= 11 is 6.00. The summed E-state index contributed by atoms with van der Waals surface area (Å²) in [6.45, 7) is 2.05. The number of carbonyl (C=O) groups excluding carboxylic acids is 2. The number of halogens is 1. The van der Waals surface area contributed by atoms with Gasteiger partial charge in [0, 0.05) is 16.8 Å². The molecule has 0 aliphatic carbocycles. The largest absolute Gasteiger partial charge is 0.453 e. The predicted octanol–water partition coefficient (Wildman–Crippen LogP) is 2.90. The first-order valence-corrected chi connectivity index (χ1v) is 6.87. The first-order chi connectivity index (χ1) is 9.55. The highest BCUT2D eigenvalue weighted by Crippen LogP contribution is 2.36. The Morgan fingerprint density at radius 1 is 1.50 bits per heavy atom. The quantitative estimate of drug-likeness (QED) is 0.880. The summed E-state index contributed by atoms with van der Waals surface area (Å²) in [5.41, 5.74) is 1.70. The van der Waals surface area contributed by atoms with Crippen molar-refractivity contribution in [1.29, 1.82) is 0 Å². The molecular weight excluding hydrogens is 280 g/mol. The van der Waals surface area contributed by atoms with E-state index >= 15 is 0 Å². The number of rotatable bonds is 2. The molecular formula is C14H17ClN2O3. The van der Waals surface area contributed by atoms with E-state index in [1.165, 1.54) is 7.11 Å². The Balaban J connectivity index is 2.30. The monoisotopic (exact) mass is 296 g/mol. The van der Waals surface area contributed by atoms with Crippen LogP contribution in [0.2, 0.25) is 5.02 Å². The molecule has 0 fully saturated rings. The molecule has 6 heteroatoms. The molecule has 2 amide bonds. The number of methoxy groups -OCH3 is 1. The summed E-state index contributed by atoms with van der Waals surface area (Å²) in [7, 11) is 1.23. The second-order valence-electron chi connectivity index (χ2n) is 4.75. The minimum atomic E-state index is -0.745.